The summed E-state index contributed by atoms with van der Waals surface area (Å²) in [4.78, 5) is 40.4. The number of para-hydroxylation sites is 1. The summed E-state index contributed by atoms with van der Waals surface area (Å²) in [6, 6.07) is 17.3. The van der Waals surface area contributed by atoms with E-state index >= 15 is 0 Å². The lowest BCUT2D eigenvalue weighted by Gasteiger charge is -2.21. The van der Waals surface area contributed by atoms with Crippen molar-refractivity contribution in [3.63, 3.8) is 0 Å². The van der Waals surface area contributed by atoms with Crippen molar-refractivity contribution in [2.24, 2.45) is 0 Å². The maximum absolute atomic E-state index is 13.2. The molecule has 2 N–H and O–H groups in total. The third kappa shape index (κ3) is 4.03. The molecule has 2 aromatic heterocycles. The van der Waals surface area contributed by atoms with Crippen molar-refractivity contribution in [2.75, 3.05) is 23.9 Å². The van der Waals surface area contributed by atoms with Crippen LogP contribution in [0.3, 0.4) is 0 Å². The van der Waals surface area contributed by atoms with Gasteiger partial charge in [0.15, 0.2) is 0 Å². The predicted octanol–water partition coefficient (Wildman–Crippen LogP) is 2.92. The molecule has 2 amide bonds. The minimum Gasteiger partial charge on any atom is -0.489 e. The molecule has 0 bridgehead atoms. The highest BCUT2D eigenvalue weighted by Gasteiger charge is 2.32. The van der Waals surface area contributed by atoms with Gasteiger partial charge in [-0.1, -0.05) is 18.2 Å². The number of benzene rings is 2. The number of carbonyl (C=O) groups excluding carboxylic acids is 2. The van der Waals surface area contributed by atoms with E-state index in [4.69, 9.17) is 4.74 Å². The van der Waals surface area contributed by atoms with E-state index in [1.165, 1.54) is 17.2 Å². The number of rotatable bonds is 4. The molecule has 9 nitrogen and oxygen atoms in total. The molecule has 164 valence electrons. The predicted molar refractivity (Wildman–Crippen MR) is 124 cm³/mol. The number of nitrogens with one attached hydrogen (secondary N) is 2. The van der Waals surface area contributed by atoms with Gasteiger partial charge in [0.05, 0.1) is 11.2 Å². The Morgan fingerprint density at radius 3 is 2.73 bits per heavy atom. The second kappa shape index (κ2) is 8.54. The molecule has 9 heteroatoms. The number of amides is 2. The van der Waals surface area contributed by atoms with Gasteiger partial charge in [-0.05, 0) is 42.5 Å². The number of carbonyl (C=O) groups is 2. The largest absolute Gasteiger partial charge is 0.489 e. The normalized spacial score (nSPS) is 15.4. The van der Waals surface area contributed by atoms with Crippen molar-refractivity contribution in [1.82, 2.24) is 20.3 Å². The summed E-state index contributed by atoms with van der Waals surface area (Å²) in [5.74, 6) is 0.0387. The molecule has 0 radical (unpaired) electrons. The lowest BCUT2D eigenvalue weighted by atomic mass is 10.1. The summed E-state index contributed by atoms with van der Waals surface area (Å²) in [7, 11) is 1.66. The van der Waals surface area contributed by atoms with E-state index in [0.717, 1.165) is 16.6 Å². The minimum absolute atomic E-state index is 0.00606. The Kier molecular flexibility index (Phi) is 5.27. The number of aromatic nitrogens is 3. The van der Waals surface area contributed by atoms with Crippen molar-refractivity contribution >= 4 is 40.0 Å². The van der Waals surface area contributed by atoms with Gasteiger partial charge in [0, 0.05) is 30.5 Å². The van der Waals surface area contributed by atoms with Crippen LogP contribution in [0.5, 0.6) is 5.75 Å². The molecule has 0 spiro atoms. The van der Waals surface area contributed by atoms with Gasteiger partial charge in [-0.3, -0.25) is 14.6 Å². The highest BCUT2D eigenvalue weighted by Crippen LogP contribution is 2.37. The first-order valence-corrected chi connectivity index (χ1v) is 10.3. The molecule has 0 unspecified atom stereocenters. The number of hydrogen-bond donors (Lipinski definition) is 2. The highest BCUT2D eigenvalue weighted by atomic mass is 16.5. The van der Waals surface area contributed by atoms with Crippen LogP contribution in [0.15, 0.2) is 73.1 Å². The smallest absolute Gasteiger partial charge is 0.270 e. The maximum atomic E-state index is 13.2. The van der Waals surface area contributed by atoms with Crippen LogP contribution in [0.25, 0.3) is 10.9 Å². The van der Waals surface area contributed by atoms with Crippen LogP contribution in [-0.4, -0.2) is 46.5 Å². The molecule has 1 aliphatic heterocycles. The Balaban J connectivity index is 1.36. The summed E-state index contributed by atoms with van der Waals surface area (Å²) in [5, 5.41) is 6.59. The van der Waals surface area contributed by atoms with E-state index < -0.39 is 11.9 Å². The second-order valence-electron chi connectivity index (χ2n) is 7.47. The molecule has 0 aliphatic carbocycles. The summed E-state index contributed by atoms with van der Waals surface area (Å²) in [5.41, 5.74) is 2.30. The van der Waals surface area contributed by atoms with Crippen LogP contribution in [0.1, 0.15) is 10.5 Å². The van der Waals surface area contributed by atoms with Gasteiger partial charge in [-0.2, -0.15) is 0 Å². The molecular formula is C24H20N6O3. The van der Waals surface area contributed by atoms with Crippen LogP contribution in [0, 0.1) is 0 Å². The van der Waals surface area contributed by atoms with Crippen LogP contribution in [-0.2, 0) is 4.79 Å². The molecule has 4 aromatic rings. The van der Waals surface area contributed by atoms with Crippen LogP contribution < -0.4 is 20.3 Å². The lowest BCUT2D eigenvalue weighted by Crippen LogP contribution is -2.49. The van der Waals surface area contributed by atoms with Crippen LogP contribution in [0.2, 0.25) is 0 Å². The van der Waals surface area contributed by atoms with Gasteiger partial charge < -0.3 is 20.3 Å². The van der Waals surface area contributed by atoms with Crippen LogP contribution in [0.4, 0.5) is 17.3 Å². The molecule has 5 rings (SSSR count). The first-order chi connectivity index (χ1) is 16.1. The van der Waals surface area contributed by atoms with Crippen molar-refractivity contribution in [1.29, 1.82) is 0 Å². The van der Waals surface area contributed by atoms with Crippen molar-refractivity contribution in [3.05, 3.63) is 78.8 Å². The topological polar surface area (TPSA) is 109 Å². The van der Waals surface area contributed by atoms with E-state index in [2.05, 4.69) is 25.6 Å². The zero-order valence-corrected chi connectivity index (χ0v) is 17.7. The average molecular weight is 440 g/mol. The van der Waals surface area contributed by atoms with Gasteiger partial charge in [-0.15, -0.1) is 0 Å². The number of likely N-dealkylation sites (N-methyl/N-ethyl adjacent to an activating group) is 1. The van der Waals surface area contributed by atoms with Gasteiger partial charge in [0.2, 0.25) is 5.95 Å². The van der Waals surface area contributed by atoms with Crippen molar-refractivity contribution in [2.45, 2.75) is 6.04 Å². The Morgan fingerprint density at radius 2 is 1.88 bits per heavy atom. The minimum atomic E-state index is -0.887. The SMILES string of the molecule is CN1C(=O)[C@@H](NC(=O)c2ccnc(Nc3ccccc3)n2)COc2ccc3ncccc3c21. The fraction of sp³-hybridized carbons (Fsp3) is 0.125. The second-order valence-corrected chi connectivity index (χ2v) is 7.47. The van der Waals surface area contributed by atoms with Gasteiger partial charge in [-0.25, -0.2) is 9.97 Å². The third-order valence-corrected chi connectivity index (χ3v) is 5.31. The maximum Gasteiger partial charge on any atom is 0.270 e. The summed E-state index contributed by atoms with van der Waals surface area (Å²) >= 11 is 0. The van der Waals surface area contributed by atoms with Gasteiger partial charge >= 0.3 is 0 Å². The monoisotopic (exact) mass is 440 g/mol. The first-order valence-electron chi connectivity index (χ1n) is 10.3. The van der Waals surface area contributed by atoms with Crippen LogP contribution >= 0.6 is 0 Å². The highest BCUT2D eigenvalue weighted by molar-refractivity contribution is 6.08. The average Bonchev–Trinajstić information content (AvgIpc) is 2.97. The fourth-order valence-corrected chi connectivity index (χ4v) is 3.70. The summed E-state index contributed by atoms with van der Waals surface area (Å²) in [6.45, 7) is -0.00606. The van der Waals surface area contributed by atoms with E-state index in [1.54, 1.807) is 25.4 Å². The van der Waals surface area contributed by atoms with Gasteiger partial charge in [0.25, 0.3) is 11.8 Å². The Hall–Kier alpha value is -4.53. The van der Waals surface area contributed by atoms with Crippen molar-refractivity contribution in [3.8, 4) is 5.75 Å². The Bertz CT molecular complexity index is 1340. The number of hydrogen-bond acceptors (Lipinski definition) is 7. The molecule has 0 fully saturated rings. The molecule has 2 aromatic carbocycles. The lowest BCUT2D eigenvalue weighted by molar-refractivity contribution is -0.120. The molecule has 33 heavy (non-hydrogen) atoms. The van der Waals surface area contributed by atoms with Gasteiger partial charge in [0.1, 0.15) is 24.1 Å². The summed E-state index contributed by atoms with van der Waals surface area (Å²) in [6.07, 6.45) is 3.18. The van der Waals surface area contributed by atoms with E-state index in [9.17, 15) is 9.59 Å². The Morgan fingerprint density at radius 1 is 1.03 bits per heavy atom. The number of fused-ring (bicyclic) bond motifs is 3. The zero-order valence-electron chi connectivity index (χ0n) is 17.7. The quantitative estimate of drug-likeness (QED) is 0.502. The number of nitrogens with zero attached hydrogens (tertiary/aromatic N) is 4. The van der Waals surface area contributed by atoms with Crippen molar-refractivity contribution < 1.29 is 14.3 Å². The number of pyridine rings is 1. The first kappa shape index (κ1) is 20.4. The Labute approximate surface area is 189 Å². The summed E-state index contributed by atoms with van der Waals surface area (Å²) < 4.78 is 5.90. The van der Waals surface area contributed by atoms with E-state index in [1.807, 2.05) is 42.5 Å². The number of ether oxygens (including phenoxy) is 1. The molecule has 1 atom stereocenters. The third-order valence-electron chi connectivity index (χ3n) is 5.31. The molecule has 1 aliphatic rings. The van der Waals surface area contributed by atoms with E-state index in [-0.39, 0.29) is 24.2 Å². The zero-order chi connectivity index (χ0) is 22.8. The number of anilines is 3. The molecule has 0 saturated heterocycles. The molecule has 3 heterocycles. The molecule has 0 saturated carbocycles. The van der Waals surface area contributed by atoms with E-state index in [0.29, 0.717) is 11.4 Å². The standard InChI is InChI=1S/C24H20N6O3/c1-30-21-16-8-5-12-25-17(16)9-10-20(21)33-14-19(23(30)32)28-22(31)18-11-13-26-24(29-18)27-15-6-3-2-4-7-15/h2-13,19H,14H2,1H3,(H,28,31)(H,26,27,29)/t19-/m0/s1. The molecular weight excluding hydrogens is 420 g/mol. The fourth-order valence-electron chi connectivity index (χ4n) is 3.70.